The van der Waals surface area contributed by atoms with Crippen molar-refractivity contribution < 1.29 is 4.99 Å². The molecule has 0 spiro atoms. The van der Waals surface area contributed by atoms with Crippen molar-refractivity contribution in [2.24, 2.45) is 0 Å². The molecule has 2 N–H and O–H groups in total. The summed E-state index contributed by atoms with van der Waals surface area (Å²) in [7, 11) is 0. The first-order valence-corrected chi connectivity index (χ1v) is 7.78. The third-order valence-corrected chi connectivity index (χ3v) is 5.32. The second-order valence-corrected chi connectivity index (χ2v) is 6.47. The van der Waals surface area contributed by atoms with Gasteiger partial charge in [-0.05, 0) is 66.7 Å². The molecule has 0 amide bonds. The Kier molecular flexibility index (Phi) is 2.64. The zero-order chi connectivity index (χ0) is 12.8. The number of hydrogen-bond acceptors (Lipinski definition) is 1. The summed E-state index contributed by atoms with van der Waals surface area (Å²) in [6, 6.07) is 5.02. The lowest BCUT2D eigenvalue weighted by molar-refractivity contribution is -0.445. The molecule has 2 heteroatoms. The molecular formula is C17H23N2+. The van der Waals surface area contributed by atoms with Crippen molar-refractivity contribution in [3.63, 3.8) is 0 Å². The van der Waals surface area contributed by atoms with Gasteiger partial charge in [-0.25, -0.2) is 0 Å². The molecule has 2 bridgehead atoms. The smallest absolute Gasteiger partial charge is 0.247 e. The van der Waals surface area contributed by atoms with E-state index in [0.717, 1.165) is 31.3 Å². The summed E-state index contributed by atoms with van der Waals surface area (Å²) in [4.78, 5) is 3.45. The fourth-order valence-electron chi connectivity index (χ4n) is 4.21. The number of fused-ring (bicyclic) bond motifs is 2. The average Bonchev–Trinajstić information content (AvgIpc) is 2.94. The standard InChI is InChI=1S/C17H22N2/c1-11-8-15-12-2-4-13(5-3-12)16(15)9-14(11)10-17-18-6-7-19-17/h8-9,12-13H,2-7,10H2,1H3,(H,18,19)/p+1. The molecule has 4 aliphatic rings. The highest BCUT2D eigenvalue weighted by atomic mass is 15.1. The van der Waals surface area contributed by atoms with E-state index in [-0.39, 0.29) is 0 Å². The molecule has 2 nitrogen and oxygen atoms in total. The van der Waals surface area contributed by atoms with E-state index in [9.17, 15) is 0 Å². The topological polar surface area (TPSA) is 26.0 Å². The summed E-state index contributed by atoms with van der Waals surface area (Å²) >= 11 is 0. The highest BCUT2D eigenvalue weighted by molar-refractivity contribution is 5.80. The highest BCUT2D eigenvalue weighted by Crippen LogP contribution is 2.49. The molecule has 0 unspecified atom stereocenters. The molecule has 0 atom stereocenters. The first kappa shape index (κ1) is 11.5. The number of amidine groups is 1. The van der Waals surface area contributed by atoms with E-state index in [4.69, 9.17) is 0 Å². The molecular weight excluding hydrogens is 232 g/mol. The number of aryl methyl sites for hydroxylation is 1. The van der Waals surface area contributed by atoms with Gasteiger partial charge in [-0.2, -0.15) is 0 Å². The summed E-state index contributed by atoms with van der Waals surface area (Å²) in [6.45, 7) is 4.43. The molecule has 1 aromatic carbocycles. The Balaban J connectivity index is 1.71. The summed E-state index contributed by atoms with van der Waals surface area (Å²) in [5, 5.41) is 3.45. The van der Waals surface area contributed by atoms with Gasteiger partial charge in [0, 0.05) is 0 Å². The van der Waals surface area contributed by atoms with Crippen LogP contribution in [0.3, 0.4) is 0 Å². The Hall–Kier alpha value is -1.31. The largest absolute Gasteiger partial charge is 0.274 e. The third kappa shape index (κ3) is 1.89. The number of rotatable bonds is 2. The van der Waals surface area contributed by atoms with Crippen LogP contribution in [0.15, 0.2) is 12.1 Å². The van der Waals surface area contributed by atoms with Crippen LogP contribution in [0.4, 0.5) is 0 Å². The molecule has 19 heavy (non-hydrogen) atoms. The van der Waals surface area contributed by atoms with Crippen LogP contribution in [0.2, 0.25) is 0 Å². The maximum Gasteiger partial charge on any atom is 0.247 e. The Bertz CT molecular complexity index is 536. The lowest BCUT2D eigenvalue weighted by atomic mass is 9.66. The van der Waals surface area contributed by atoms with E-state index in [1.165, 1.54) is 42.6 Å². The second-order valence-electron chi connectivity index (χ2n) is 6.47. The van der Waals surface area contributed by atoms with Gasteiger partial charge in [0.1, 0.15) is 13.1 Å². The predicted molar refractivity (Wildman–Crippen MR) is 77.7 cm³/mol. The van der Waals surface area contributed by atoms with Crippen molar-refractivity contribution in [3.05, 3.63) is 34.4 Å². The first-order chi connectivity index (χ1) is 9.31. The lowest BCUT2D eigenvalue weighted by Crippen LogP contribution is -2.71. The van der Waals surface area contributed by atoms with Gasteiger partial charge in [-0.15, -0.1) is 0 Å². The van der Waals surface area contributed by atoms with Crippen molar-refractivity contribution >= 4 is 5.84 Å². The van der Waals surface area contributed by atoms with Gasteiger partial charge >= 0.3 is 0 Å². The van der Waals surface area contributed by atoms with Gasteiger partial charge in [-0.1, -0.05) is 12.1 Å². The van der Waals surface area contributed by atoms with Crippen LogP contribution in [0, 0.1) is 6.92 Å². The summed E-state index contributed by atoms with van der Waals surface area (Å²) in [5.41, 5.74) is 6.36. The molecule has 1 aromatic rings. The Morgan fingerprint density at radius 3 is 2.42 bits per heavy atom. The minimum atomic E-state index is 0.855. The molecule has 0 radical (unpaired) electrons. The fourth-order valence-corrected chi connectivity index (χ4v) is 4.21. The van der Waals surface area contributed by atoms with Crippen LogP contribution >= 0.6 is 0 Å². The van der Waals surface area contributed by atoms with Crippen LogP contribution < -0.4 is 10.3 Å². The van der Waals surface area contributed by atoms with Gasteiger partial charge in [0.05, 0.1) is 6.42 Å². The van der Waals surface area contributed by atoms with E-state index >= 15 is 0 Å². The summed E-state index contributed by atoms with van der Waals surface area (Å²) in [5.74, 6) is 3.03. The number of hydrogen-bond donors (Lipinski definition) is 2. The van der Waals surface area contributed by atoms with E-state index in [1.54, 1.807) is 11.1 Å². The minimum Gasteiger partial charge on any atom is -0.274 e. The van der Waals surface area contributed by atoms with Crippen molar-refractivity contribution in [1.82, 2.24) is 5.32 Å². The molecule has 100 valence electrons. The molecule has 1 aliphatic heterocycles. The van der Waals surface area contributed by atoms with Gasteiger partial charge in [0.25, 0.3) is 0 Å². The van der Waals surface area contributed by atoms with Crippen molar-refractivity contribution in [2.75, 3.05) is 13.1 Å². The van der Waals surface area contributed by atoms with Gasteiger partial charge in [0.2, 0.25) is 5.84 Å². The number of benzene rings is 1. The van der Waals surface area contributed by atoms with Crippen LogP contribution in [0.1, 0.15) is 59.8 Å². The molecule has 1 fully saturated rings. The zero-order valence-corrected chi connectivity index (χ0v) is 11.8. The minimum absolute atomic E-state index is 0.855. The highest BCUT2D eigenvalue weighted by Gasteiger charge is 2.33. The molecule has 0 saturated heterocycles. The quantitative estimate of drug-likeness (QED) is 0.820. The maximum atomic E-state index is 3.45. The Morgan fingerprint density at radius 1 is 1.11 bits per heavy atom. The van der Waals surface area contributed by atoms with Gasteiger partial charge in [-0.3, -0.25) is 10.3 Å². The van der Waals surface area contributed by atoms with Gasteiger partial charge in [0.15, 0.2) is 0 Å². The predicted octanol–water partition coefficient (Wildman–Crippen LogP) is 1.37. The van der Waals surface area contributed by atoms with Crippen LogP contribution in [-0.2, 0) is 6.42 Å². The van der Waals surface area contributed by atoms with Gasteiger partial charge < -0.3 is 0 Å². The lowest BCUT2D eigenvalue weighted by Gasteiger charge is -2.39. The zero-order valence-electron chi connectivity index (χ0n) is 11.8. The van der Waals surface area contributed by atoms with E-state index in [1.807, 2.05) is 0 Å². The molecule has 3 aliphatic carbocycles. The Morgan fingerprint density at radius 2 is 1.79 bits per heavy atom. The normalized spacial score (nSPS) is 27.9. The summed E-state index contributed by atoms with van der Waals surface area (Å²) in [6.07, 6.45) is 6.75. The molecule has 5 rings (SSSR count). The SMILES string of the molecule is Cc1cc2c(cc1CC1=[NH+]CCN1)C1CCC2CC1. The fraction of sp³-hybridized carbons (Fsp3) is 0.588. The Labute approximate surface area is 115 Å². The monoisotopic (exact) mass is 255 g/mol. The van der Waals surface area contributed by atoms with Crippen molar-refractivity contribution in [3.8, 4) is 0 Å². The molecule has 1 heterocycles. The van der Waals surface area contributed by atoms with Crippen LogP contribution in [-0.4, -0.2) is 18.9 Å². The molecule has 0 aromatic heterocycles. The maximum absolute atomic E-state index is 3.45. The van der Waals surface area contributed by atoms with E-state index < -0.39 is 0 Å². The third-order valence-electron chi connectivity index (χ3n) is 5.32. The van der Waals surface area contributed by atoms with E-state index in [2.05, 4.69) is 29.4 Å². The van der Waals surface area contributed by atoms with Crippen LogP contribution in [0.5, 0.6) is 0 Å². The van der Waals surface area contributed by atoms with Crippen molar-refractivity contribution in [1.29, 1.82) is 0 Å². The van der Waals surface area contributed by atoms with Crippen LogP contribution in [0.25, 0.3) is 0 Å². The number of nitrogens with one attached hydrogen (secondary N) is 2. The average molecular weight is 255 g/mol. The first-order valence-electron chi connectivity index (χ1n) is 7.78. The summed E-state index contributed by atoms with van der Waals surface area (Å²) < 4.78 is 0. The second kappa shape index (κ2) is 4.36. The van der Waals surface area contributed by atoms with Crippen molar-refractivity contribution in [2.45, 2.75) is 50.9 Å². The van der Waals surface area contributed by atoms with E-state index in [0.29, 0.717) is 0 Å². The molecule has 1 saturated carbocycles.